The van der Waals surface area contributed by atoms with Crippen LogP contribution in [0.25, 0.3) is 0 Å². The average molecular weight is 906 g/mol. The summed E-state index contributed by atoms with van der Waals surface area (Å²) >= 11 is 0. The summed E-state index contributed by atoms with van der Waals surface area (Å²) in [7, 11) is 0. The van der Waals surface area contributed by atoms with Crippen LogP contribution in [-0.2, 0) is 28.6 Å². The number of rotatable bonds is 52. The molecule has 0 aliphatic carbocycles. The fourth-order valence-corrected chi connectivity index (χ4v) is 8.87. The standard InChI is InChI=1S/C58H112O6/c1-6-7-8-9-10-11-12-13-14-18-22-25-28-35-40-45-50-58(61)64-55(52-63-57(60)49-44-39-34-30-29-32-37-42-47-54(4)5)51-62-56(59)48-43-38-33-27-24-21-19-16-15-17-20-23-26-31-36-41-46-53(2)3/h53-55H,6-52H2,1-5H3/t55-/m1/s1. The second-order valence-corrected chi connectivity index (χ2v) is 20.9. The van der Waals surface area contributed by atoms with E-state index in [2.05, 4.69) is 34.6 Å². The smallest absolute Gasteiger partial charge is 0.306 e. The van der Waals surface area contributed by atoms with Crippen molar-refractivity contribution in [3.8, 4) is 0 Å². The summed E-state index contributed by atoms with van der Waals surface area (Å²) < 4.78 is 16.9. The topological polar surface area (TPSA) is 78.9 Å². The van der Waals surface area contributed by atoms with Crippen molar-refractivity contribution in [2.45, 2.75) is 330 Å². The maximum absolute atomic E-state index is 12.8. The number of unbranched alkanes of at least 4 members (excludes halogenated alkanes) is 37. The van der Waals surface area contributed by atoms with E-state index in [0.29, 0.717) is 19.3 Å². The molecule has 1 atom stereocenters. The van der Waals surface area contributed by atoms with E-state index in [1.165, 1.54) is 212 Å². The van der Waals surface area contributed by atoms with Gasteiger partial charge < -0.3 is 14.2 Å². The molecule has 0 aromatic rings. The highest BCUT2D eigenvalue weighted by Gasteiger charge is 2.19. The van der Waals surface area contributed by atoms with Crippen molar-refractivity contribution in [3.05, 3.63) is 0 Å². The summed E-state index contributed by atoms with van der Waals surface area (Å²) in [5.74, 6) is 0.807. The van der Waals surface area contributed by atoms with E-state index < -0.39 is 6.10 Å². The predicted molar refractivity (Wildman–Crippen MR) is 275 cm³/mol. The van der Waals surface area contributed by atoms with E-state index in [-0.39, 0.29) is 31.1 Å². The summed E-state index contributed by atoms with van der Waals surface area (Å²) in [6, 6.07) is 0. The predicted octanol–water partition coefficient (Wildman–Crippen LogP) is 18.9. The van der Waals surface area contributed by atoms with Crippen molar-refractivity contribution in [3.63, 3.8) is 0 Å². The Hall–Kier alpha value is -1.59. The van der Waals surface area contributed by atoms with E-state index in [0.717, 1.165) is 69.6 Å². The highest BCUT2D eigenvalue weighted by Crippen LogP contribution is 2.18. The number of hydrogen-bond donors (Lipinski definition) is 0. The van der Waals surface area contributed by atoms with Crippen LogP contribution in [0.5, 0.6) is 0 Å². The fraction of sp³-hybridized carbons (Fsp3) is 0.948. The molecule has 0 unspecified atom stereocenters. The highest BCUT2D eigenvalue weighted by molar-refractivity contribution is 5.71. The fourth-order valence-electron chi connectivity index (χ4n) is 8.87. The molecule has 6 nitrogen and oxygen atoms in total. The van der Waals surface area contributed by atoms with Gasteiger partial charge in [0.15, 0.2) is 6.10 Å². The molecule has 0 radical (unpaired) electrons. The molecule has 0 aromatic heterocycles. The van der Waals surface area contributed by atoms with Crippen LogP contribution in [0.3, 0.4) is 0 Å². The Labute approximate surface area is 399 Å². The number of hydrogen-bond acceptors (Lipinski definition) is 6. The number of ether oxygens (including phenoxy) is 3. The third kappa shape index (κ3) is 51.4. The molecule has 0 N–H and O–H groups in total. The van der Waals surface area contributed by atoms with Crippen LogP contribution >= 0.6 is 0 Å². The van der Waals surface area contributed by atoms with Crippen LogP contribution in [-0.4, -0.2) is 37.2 Å². The van der Waals surface area contributed by atoms with Gasteiger partial charge in [0.2, 0.25) is 0 Å². The second-order valence-electron chi connectivity index (χ2n) is 20.9. The zero-order valence-corrected chi connectivity index (χ0v) is 43.9. The van der Waals surface area contributed by atoms with Gasteiger partial charge in [-0.2, -0.15) is 0 Å². The third-order valence-corrected chi connectivity index (χ3v) is 13.2. The SMILES string of the molecule is CCCCCCCCCCCCCCCCCCC(=O)O[C@H](COC(=O)CCCCCCCCCCCCCCCCCCC(C)C)COC(=O)CCCCCCCCCCC(C)C. The van der Waals surface area contributed by atoms with Crippen molar-refractivity contribution >= 4 is 17.9 Å². The summed E-state index contributed by atoms with van der Waals surface area (Å²) in [5.41, 5.74) is 0. The lowest BCUT2D eigenvalue weighted by Crippen LogP contribution is -2.30. The van der Waals surface area contributed by atoms with Crippen LogP contribution in [0.4, 0.5) is 0 Å². The Morgan fingerprint density at radius 2 is 0.516 bits per heavy atom. The summed E-state index contributed by atoms with van der Waals surface area (Å²) in [4.78, 5) is 38.1. The van der Waals surface area contributed by atoms with Gasteiger partial charge in [-0.15, -0.1) is 0 Å². The molecule has 0 saturated carbocycles. The van der Waals surface area contributed by atoms with Gasteiger partial charge in [-0.3, -0.25) is 14.4 Å². The Bertz CT molecular complexity index is 978. The maximum atomic E-state index is 12.8. The van der Waals surface area contributed by atoms with Crippen LogP contribution < -0.4 is 0 Å². The van der Waals surface area contributed by atoms with Crippen molar-refractivity contribution in [2.75, 3.05) is 13.2 Å². The molecule has 0 spiro atoms. The van der Waals surface area contributed by atoms with Gasteiger partial charge in [-0.1, -0.05) is 285 Å². The van der Waals surface area contributed by atoms with E-state index in [4.69, 9.17) is 14.2 Å². The third-order valence-electron chi connectivity index (χ3n) is 13.2. The van der Waals surface area contributed by atoms with Crippen LogP contribution in [0.1, 0.15) is 324 Å². The lowest BCUT2D eigenvalue weighted by molar-refractivity contribution is -0.167. The van der Waals surface area contributed by atoms with Crippen molar-refractivity contribution < 1.29 is 28.6 Å². The largest absolute Gasteiger partial charge is 0.462 e. The molecule has 64 heavy (non-hydrogen) atoms. The summed E-state index contributed by atoms with van der Waals surface area (Å²) in [6.45, 7) is 11.4. The normalized spacial score (nSPS) is 12.0. The van der Waals surface area contributed by atoms with Crippen molar-refractivity contribution in [1.29, 1.82) is 0 Å². The molecule has 0 heterocycles. The van der Waals surface area contributed by atoms with Gasteiger partial charge in [-0.05, 0) is 31.1 Å². The van der Waals surface area contributed by atoms with E-state index >= 15 is 0 Å². The zero-order chi connectivity index (χ0) is 46.8. The van der Waals surface area contributed by atoms with Crippen molar-refractivity contribution in [1.82, 2.24) is 0 Å². The molecule has 0 aliphatic heterocycles. The highest BCUT2D eigenvalue weighted by atomic mass is 16.6. The van der Waals surface area contributed by atoms with E-state index in [1.54, 1.807) is 0 Å². The molecule has 6 heteroatoms. The molecule has 0 amide bonds. The molecule has 380 valence electrons. The second kappa shape index (κ2) is 50.8. The monoisotopic (exact) mass is 905 g/mol. The van der Waals surface area contributed by atoms with Crippen molar-refractivity contribution in [2.24, 2.45) is 11.8 Å². The van der Waals surface area contributed by atoms with Crippen LogP contribution in [0, 0.1) is 11.8 Å². The molecular weight excluding hydrogens is 793 g/mol. The first-order valence-corrected chi connectivity index (χ1v) is 28.7. The zero-order valence-electron chi connectivity index (χ0n) is 43.9. The van der Waals surface area contributed by atoms with E-state index in [1.807, 2.05) is 0 Å². The van der Waals surface area contributed by atoms with E-state index in [9.17, 15) is 14.4 Å². The minimum absolute atomic E-state index is 0.0631. The number of carbonyl (C=O) groups excluding carboxylic acids is 3. The first kappa shape index (κ1) is 62.4. The summed E-state index contributed by atoms with van der Waals surface area (Å²) in [6.07, 6.45) is 53.9. The van der Waals surface area contributed by atoms with Gasteiger partial charge in [0.05, 0.1) is 0 Å². The minimum atomic E-state index is -0.762. The van der Waals surface area contributed by atoms with Gasteiger partial charge in [0, 0.05) is 19.3 Å². The number of carbonyl (C=O) groups is 3. The molecular formula is C58H112O6. The van der Waals surface area contributed by atoms with Gasteiger partial charge in [0.1, 0.15) is 13.2 Å². The Kier molecular flexibility index (Phi) is 49.6. The van der Waals surface area contributed by atoms with Gasteiger partial charge >= 0.3 is 17.9 Å². The average Bonchev–Trinajstić information content (AvgIpc) is 3.27. The summed E-state index contributed by atoms with van der Waals surface area (Å²) in [5, 5.41) is 0. The van der Waals surface area contributed by atoms with Gasteiger partial charge in [0.25, 0.3) is 0 Å². The number of esters is 3. The molecule has 0 fully saturated rings. The lowest BCUT2D eigenvalue weighted by Gasteiger charge is -2.18. The minimum Gasteiger partial charge on any atom is -0.462 e. The molecule has 0 aliphatic rings. The quantitative estimate of drug-likeness (QED) is 0.0344. The van der Waals surface area contributed by atoms with Crippen LogP contribution in [0.15, 0.2) is 0 Å². The molecule has 0 rings (SSSR count). The Morgan fingerprint density at radius 1 is 0.297 bits per heavy atom. The molecule has 0 bridgehead atoms. The van der Waals surface area contributed by atoms with Gasteiger partial charge in [-0.25, -0.2) is 0 Å². The Morgan fingerprint density at radius 3 is 0.766 bits per heavy atom. The lowest BCUT2D eigenvalue weighted by atomic mass is 10.0. The van der Waals surface area contributed by atoms with Crippen LogP contribution in [0.2, 0.25) is 0 Å². The first-order valence-electron chi connectivity index (χ1n) is 28.7. The first-order chi connectivity index (χ1) is 31.2. The molecule has 0 aromatic carbocycles. The molecule has 0 saturated heterocycles. The Balaban J connectivity index is 4.25. The maximum Gasteiger partial charge on any atom is 0.306 e.